The third-order valence-corrected chi connectivity index (χ3v) is 5.28. The summed E-state index contributed by atoms with van der Waals surface area (Å²) in [5.74, 6) is -0.894. The van der Waals surface area contributed by atoms with Crippen molar-refractivity contribution in [2.24, 2.45) is 0 Å². The molecule has 23 heavy (non-hydrogen) atoms. The van der Waals surface area contributed by atoms with E-state index in [0.717, 1.165) is 12.0 Å². The lowest BCUT2D eigenvalue weighted by atomic mass is 10.1. The SMILES string of the molecule is CCCCCc1ccc(C(=S)SC(C)(C#N)CCC(=O)O)cc1. The van der Waals surface area contributed by atoms with Crippen molar-refractivity contribution >= 4 is 34.1 Å². The maximum absolute atomic E-state index is 10.7. The van der Waals surface area contributed by atoms with Gasteiger partial charge in [0.15, 0.2) is 0 Å². The molecule has 124 valence electrons. The number of carbonyl (C=O) groups is 1. The molecule has 0 bridgehead atoms. The van der Waals surface area contributed by atoms with E-state index < -0.39 is 10.7 Å². The van der Waals surface area contributed by atoms with Crippen molar-refractivity contribution in [2.75, 3.05) is 0 Å². The Bertz CT molecular complexity index is 578. The molecule has 0 heterocycles. The Labute approximate surface area is 148 Å². The average Bonchev–Trinajstić information content (AvgIpc) is 2.54. The molecule has 1 aromatic carbocycles. The number of hydrogen-bond acceptors (Lipinski definition) is 4. The number of benzene rings is 1. The number of thiocarbonyl (C=S) groups is 1. The molecule has 0 spiro atoms. The average molecular weight is 350 g/mol. The highest BCUT2D eigenvalue weighted by molar-refractivity contribution is 8.24. The summed E-state index contributed by atoms with van der Waals surface area (Å²) in [7, 11) is 0. The lowest BCUT2D eigenvalue weighted by Gasteiger charge is -2.20. The molecule has 0 fully saturated rings. The van der Waals surface area contributed by atoms with Gasteiger partial charge in [-0.2, -0.15) is 5.26 Å². The topological polar surface area (TPSA) is 61.1 Å². The number of aliphatic carboxylic acids is 1. The Morgan fingerprint density at radius 2 is 2.00 bits per heavy atom. The summed E-state index contributed by atoms with van der Waals surface area (Å²) in [6, 6.07) is 10.3. The second-order valence-corrected chi connectivity index (χ2v) is 7.96. The molecule has 0 aromatic heterocycles. The van der Waals surface area contributed by atoms with Crippen LogP contribution in [0.5, 0.6) is 0 Å². The minimum Gasteiger partial charge on any atom is -0.481 e. The largest absolute Gasteiger partial charge is 0.481 e. The first-order valence-corrected chi connectivity index (χ1v) is 9.08. The Morgan fingerprint density at radius 3 is 2.52 bits per heavy atom. The van der Waals surface area contributed by atoms with Crippen molar-refractivity contribution in [2.45, 2.75) is 57.1 Å². The summed E-state index contributed by atoms with van der Waals surface area (Å²) in [6.07, 6.45) is 4.95. The zero-order chi connectivity index (χ0) is 17.3. The molecule has 3 nitrogen and oxygen atoms in total. The van der Waals surface area contributed by atoms with E-state index in [1.165, 1.54) is 36.6 Å². The number of rotatable bonds is 9. The predicted molar refractivity (Wildman–Crippen MR) is 99.8 cm³/mol. The van der Waals surface area contributed by atoms with Crippen molar-refractivity contribution in [1.82, 2.24) is 0 Å². The van der Waals surface area contributed by atoms with E-state index >= 15 is 0 Å². The zero-order valence-electron chi connectivity index (χ0n) is 13.7. The molecule has 0 aliphatic heterocycles. The third-order valence-electron chi connectivity index (χ3n) is 3.63. The lowest BCUT2D eigenvalue weighted by molar-refractivity contribution is -0.137. The van der Waals surface area contributed by atoms with Gasteiger partial charge in [-0.1, -0.05) is 68.0 Å². The monoisotopic (exact) mass is 349 g/mol. The lowest BCUT2D eigenvalue weighted by Crippen LogP contribution is -2.21. The highest BCUT2D eigenvalue weighted by Gasteiger charge is 2.27. The first-order chi connectivity index (χ1) is 10.9. The van der Waals surface area contributed by atoms with Gasteiger partial charge in [0.2, 0.25) is 0 Å². The number of carboxylic acid groups (broad SMARTS) is 1. The van der Waals surface area contributed by atoms with Crippen molar-refractivity contribution in [3.63, 3.8) is 0 Å². The summed E-state index contributed by atoms with van der Waals surface area (Å²) in [4.78, 5) is 10.7. The normalized spacial score (nSPS) is 13.1. The molecular weight excluding hydrogens is 326 g/mol. The Balaban J connectivity index is 2.66. The summed E-state index contributed by atoms with van der Waals surface area (Å²) < 4.78 is -0.172. The van der Waals surface area contributed by atoms with Crippen LogP contribution in [0.2, 0.25) is 0 Å². The van der Waals surface area contributed by atoms with E-state index in [2.05, 4.69) is 25.1 Å². The quantitative estimate of drug-likeness (QED) is 0.503. The van der Waals surface area contributed by atoms with Crippen LogP contribution in [0.15, 0.2) is 24.3 Å². The fraction of sp³-hybridized carbons (Fsp3) is 0.500. The van der Waals surface area contributed by atoms with Gasteiger partial charge in [-0.15, -0.1) is 0 Å². The molecule has 1 aromatic rings. The molecule has 1 unspecified atom stereocenters. The van der Waals surface area contributed by atoms with E-state index in [9.17, 15) is 10.1 Å². The number of nitriles is 1. The van der Waals surface area contributed by atoms with E-state index in [-0.39, 0.29) is 12.8 Å². The maximum Gasteiger partial charge on any atom is 0.303 e. The van der Waals surface area contributed by atoms with Crippen molar-refractivity contribution in [1.29, 1.82) is 5.26 Å². The Morgan fingerprint density at radius 1 is 1.35 bits per heavy atom. The summed E-state index contributed by atoms with van der Waals surface area (Å²) in [5.41, 5.74) is 2.21. The number of aryl methyl sites for hydroxylation is 1. The van der Waals surface area contributed by atoms with E-state index in [4.69, 9.17) is 17.3 Å². The minimum atomic E-state index is -0.894. The van der Waals surface area contributed by atoms with Crippen molar-refractivity contribution in [3.8, 4) is 6.07 Å². The smallest absolute Gasteiger partial charge is 0.303 e. The van der Waals surface area contributed by atoms with Gasteiger partial charge in [0, 0.05) is 6.42 Å². The summed E-state index contributed by atoms with van der Waals surface area (Å²) in [5, 5.41) is 18.1. The van der Waals surface area contributed by atoms with Crippen molar-refractivity contribution in [3.05, 3.63) is 35.4 Å². The van der Waals surface area contributed by atoms with Gasteiger partial charge >= 0.3 is 5.97 Å². The van der Waals surface area contributed by atoms with Crippen LogP contribution in [0, 0.1) is 11.3 Å². The second kappa shape index (κ2) is 9.69. The first-order valence-electron chi connectivity index (χ1n) is 7.85. The number of unbranched alkanes of at least 4 members (excludes halogenated alkanes) is 2. The van der Waals surface area contributed by atoms with E-state index in [1.54, 1.807) is 6.92 Å². The van der Waals surface area contributed by atoms with Crippen LogP contribution in [0.4, 0.5) is 0 Å². The third kappa shape index (κ3) is 7.15. The fourth-order valence-electron chi connectivity index (χ4n) is 2.13. The van der Waals surface area contributed by atoms with Crippen LogP contribution < -0.4 is 0 Å². The number of thioether (sulfide) groups is 1. The van der Waals surface area contributed by atoms with E-state index in [0.29, 0.717) is 4.20 Å². The zero-order valence-corrected chi connectivity index (χ0v) is 15.3. The van der Waals surface area contributed by atoms with Gasteiger partial charge in [0.1, 0.15) is 4.75 Å². The van der Waals surface area contributed by atoms with Gasteiger partial charge in [0.25, 0.3) is 0 Å². The van der Waals surface area contributed by atoms with Gasteiger partial charge in [0.05, 0.1) is 10.3 Å². The molecule has 5 heteroatoms. The van der Waals surface area contributed by atoms with E-state index in [1.807, 2.05) is 12.1 Å². The molecule has 1 rings (SSSR count). The van der Waals surface area contributed by atoms with Gasteiger partial charge in [-0.3, -0.25) is 4.79 Å². The minimum absolute atomic E-state index is 0.0317. The molecule has 1 N–H and O–H groups in total. The number of hydrogen-bond donors (Lipinski definition) is 1. The summed E-state index contributed by atoms with van der Waals surface area (Å²) in [6.45, 7) is 3.93. The molecule has 0 saturated heterocycles. The highest BCUT2D eigenvalue weighted by Crippen LogP contribution is 2.33. The molecular formula is C18H23NO2S2. The maximum atomic E-state index is 10.7. The Hall–Kier alpha value is -1.38. The number of nitrogens with zero attached hydrogens (tertiary/aromatic N) is 1. The molecule has 0 aliphatic carbocycles. The highest BCUT2D eigenvalue weighted by atomic mass is 32.2. The summed E-state index contributed by atoms with van der Waals surface area (Å²) >= 11 is 6.71. The molecule has 0 saturated carbocycles. The predicted octanol–water partition coefficient (Wildman–Crippen LogP) is 4.98. The van der Waals surface area contributed by atoms with Crippen LogP contribution in [0.25, 0.3) is 0 Å². The van der Waals surface area contributed by atoms with Crippen LogP contribution in [-0.2, 0) is 11.2 Å². The van der Waals surface area contributed by atoms with Crippen LogP contribution in [0.3, 0.4) is 0 Å². The molecule has 0 amide bonds. The van der Waals surface area contributed by atoms with Gasteiger partial charge in [-0.25, -0.2) is 0 Å². The molecule has 0 aliphatic rings. The van der Waals surface area contributed by atoms with Gasteiger partial charge < -0.3 is 5.11 Å². The van der Waals surface area contributed by atoms with Crippen LogP contribution in [-0.4, -0.2) is 20.0 Å². The molecule has 0 radical (unpaired) electrons. The number of carboxylic acids is 1. The Kier molecular flexibility index (Phi) is 8.29. The standard InChI is InChI=1S/C18H23NO2S2/c1-3-4-5-6-14-7-9-15(10-8-14)17(22)23-18(2,13-19)12-11-16(20)21/h7-10H,3-6,11-12H2,1-2H3,(H,20,21). The van der Waals surface area contributed by atoms with Crippen LogP contribution >= 0.6 is 24.0 Å². The fourth-order valence-corrected chi connectivity index (χ4v) is 3.73. The van der Waals surface area contributed by atoms with Gasteiger partial charge in [-0.05, 0) is 37.3 Å². The first kappa shape index (κ1) is 19.7. The molecule has 1 atom stereocenters. The van der Waals surface area contributed by atoms with Crippen LogP contribution in [0.1, 0.15) is 57.1 Å². The van der Waals surface area contributed by atoms with Crippen molar-refractivity contribution < 1.29 is 9.90 Å². The second-order valence-electron chi connectivity index (χ2n) is 5.78.